The number of amides is 1. The molecule has 3 rings (SSSR count). The van der Waals surface area contributed by atoms with E-state index in [0.717, 1.165) is 36.2 Å². The number of piperidine rings is 1. The van der Waals surface area contributed by atoms with Gasteiger partial charge in [-0.3, -0.25) is 0 Å². The number of likely N-dealkylation sites (tertiary alicyclic amines) is 1. The Kier molecular flexibility index (Phi) is 4.90. The molecule has 1 unspecified atom stereocenters. The standard InChI is InChI=1S/C19H24BrNO3/c1-19(2,3)24-18(22)21-8-6-13(7-9-21)10-14-12-23-17-11-15(20)4-5-16(14)17/h4-5,10-11,14H,6-9,12H2,1-3H3. The molecule has 2 heterocycles. The second-order valence-electron chi connectivity index (χ2n) is 7.39. The quantitative estimate of drug-likeness (QED) is 0.637. The van der Waals surface area contributed by atoms with Crippen LogP contribution in [0.1, 0.15) is 45.1 Å². The highest BCUT2D eigenvalue weighted by molar-refractivity contribution is 9.10. The summed E-state index contributed by atoms with van der Waals surface area (Å²) in [6, 6.07) is 6.22. The SMILES string of the molecule is CC(C)(C)OC(=O)N1CCC(=CC2COc3cc(Br)ccc32)CC1. The van der Waals surface area contributed by atoms with Crippen LogP contribution in [0.4, 0.5) is 4.79 Å². The minimum Gasteiger partial charge on any atom is -0.492 e. The van der Waals surface area contributed by atoms with Gasteiger partial charge in [-0.15, -0.1) is 0 Å². The van der Waals surface area contributed by atoms with Gasteiger partial charge in [0.15, 0.2) is 0 Å². The molecule has 4 nitrogen and oxygen atoms in total. The molecule has 1 saturated heterocycles. The van der Waals surface area contributed by atoms with Gasteiger partial charge in [0.25, 0.3) is 0 Å². The third-order valence-corrected chi connectivity index (χ3v) is 4.78. The van der Waals surface area contributed by atoms with Crippen molar-refractivity contribution in [3.05, 3.63) is 39.9 Å². The van der Waals surface area contributed by atoms with Crippen LogP contribution in [0.3, 0.4) is 0 Å². The number of carbonyl (C=O) groups is 1. The molecule has 1 aromatic carbocycles. The van der Waals surface area contributed by atoms with Crippen molar-refractivity contribution >= 4 is 22.0 Å². The average Bonchev–Trinajstić information content (AvgIpc) is 2.88. The molecule has 130 valence electrons. The lowest BCUT2D eigenvalue weighted by Gasteiger charge is -2.31. The fraction of sp³-hybridized carbons (Fsp3) is 0.526. The molecule has 0 aromatic heterocycles. The van der Waals surface area contributed by atoms with Gasteiger partial charge in [-0.05, 0) is 45.7 Å². The second kappa shape index (κ2) is 6.79. The molecule has 2 aliphatic rings. The lowest BCUT2D eigenvalue weighted by molar-refractivity contribution is 0.0236. The maximum absolute atomic E-state index is 12.1. The van der Waals surface area contributed by atoms with E-state index in [4.69, 9.17) is 9.47 Å². The van der Waals surface area contributed by atoms with Crippen LogP contribution in [-0.2, 0) is 4.74 Å². The summed E-state index contributed by atoms with van der Waals surface area (Å²) in [6.45, 7) is 7.84. The van der Waals surface area contributed by atoms with Crippen molar-refractivity contribution in [2.45, 2.75) is 45.1 Å². The lowest BCUT2D eigenvalue weighted by Crippen LogP contribution is -2.40. The van der Waals surface area contributed by atoms with E-state index in [1.165, 1.54) is 11.1 Å². The van der Waals surface area contributed by atoms with Gasteiger partial charge in [0.05, 0.1) is 6.61 Å². The van der Waals surface area contributed by atoms with E-state index in [2.05, 4.69) is 34.1 Å². The van der Waals surface area contributed by atoms with Crippen LogP contribution in [0, 0.1) is 0 Å². The van der Waals surface area contributed by atoms with Gasteiger partial charge in [-0.1, -0.05) is 33.6 Å². The second-order valence-corrected chi connectivity index (χ2v) is 8.31. The number of halogens is 1. The van der Waals surface area contributed by atoms with Gasteiger partial charge in [-0.2, -0.15) is 0 Å². The number of carbonyl (C=O) groups excluding carboxylic acids is 1. The highest BCUT2D eigenvalue weighted by Gasteiger charge is 2.27. The first-order valence-corrected chi connectivity index (χ1v) is 9.21. The molecule has 5 heteroatoms. The van der Waals surface area contributed by atoms with Gasteiger partial charge in [0.2, 0.25) is 0 Å². The van der Waals surface area contributed by atoms with E-state index in [0.29, 0.717) is 12.5 Å². The van der Waals surface area contributed by atoms with E-state index in [1.807, 2.05) is 26.8 Å². The van der Waals surface area contributed by atoms with Crippen molar-refractivity contribution < 1.29 is 14.3 Å². The predicted octanol–water partition coefficient (Wildman–Crippen LogP) is 4.88. The monoisotopic (exact) mass is 393 g/mol. The summed E-state index contributed by atoms with van der Waals surface area (Å²) in [5, 5.41) is 0. The summed E-state index contributed by atoms with van der Waals surface area (Å²) in [7, 11) is 0. The van der Waals surface area contributed by atoms with Gasteiger partial charge in [0.1, 0.15) is 11.4 Å². The van der Waals surface area contributed by atoms with Crippen LogP contribution in [0.25, 0.3) is 0 Å². The number of fused-ring (bicyclic) bond motifs is 1. The number of hydrogen-bond donors (Lipinski definition) is 0. The number of ether oxygens (including phenoxy) is 2. The summed E-state index contributed by atoms with van der Waals surface area (Å²) in [6.07, 6.45) is 3.93. The summed E-state index contributed by atoms with van der Waals surface area (Å²) in [5.74, 6) is 1.29. The van der Waals surface area contributed by atoms with Crippen LogP contribution >= 0.6 is 15.9 Å². The Morgan fingerprint density at radius 1 is 1.33 bits per heavy atom. The summed E-state index contributed by atoms with van der Waals surface area (Å²) in [4.78, 5) is 13.9. The topological polar surface area (TPSA) is 38.8 Å². The molecule has 1 atom stereocenters. The van der Waals surface area contributed by atoms with Crippen molar-refractivity contribution in [1.29, 1.82) is 0 Å². The molecule has 1 fully saturated rings. The molecule has 24 heavy (non-hydrogen) atoms. The number of rotatable bonds is 1. The Balaban J connectivity index is 1.60. The predicted molar refractivity (Wildman–Crippen MR) is 97.5 cm³/mol. The van der Waals surface area contributed by atoms with Gasteiger partial charge in [-0.25, -0.2) is 4.79 Å². The summed E-state index contributed by atoms with van der Waals surface area (Å²) < 4.78 is 12.3. The summed E-state index contributed by atoms with van der Waals surface area (Å²) >= 11 is 3.48. The molecular weight excluding hydrogens is 370 g/mol. The summed E-state index contributed by atoms with van der Waals surface area (Å²) in [5.41, 5.74) is 2.21. The number of hydrogen-bond acceptors (Lipinski definition) is 3. The van der Waals surface area contributed by atoms with E-state index in [-0.39, 0.29) is 6.09 Å². The minimum absolute atomic E-state index is 0.207. The average molecular weight is 394 g/mol. The van der Waals surface area contributed by atoms with Crippen LogP contribution in [0.2, 0.25) is 0 Å². The largest absolute Gasteiger partial charge is 0.492 e. The Hall–Kier alpha value is -1.49. The zero-order valence-electron chi connectivity index (χ0n) is 14.5. The van der Waals surface area contributed by atoms with Gasteiger partial charge in [0, 0.05) is 29.0 Å². The van der Waals surface area contributed by atoms with Crippen molar-refractivity contribution in [2.75, 3.05) is 19.7 Å². The van der Waals surface area contributed by atoms with E-state index < -0.39 is 5.60 Å². The first-order chi connectivity index (χ1) is 11.3. The molecule has 0 bridgehead atoms. The van der Waals surface area contributed by atoms with E-state index in [1.54, 1.807) is 4.90 Å². The highest BCUT2D eigenvalue weighted by atomic mass is 79.9. The molecule has 0 aliphatic carbocycles. The minimum atomic E-state index is -0.438. The van der Waals surface area contributed by atoms with Crippen LogP contribution in [-0.4, -0.2) is 36.3 Å². The van der Waals surface area contributed by atoms with Crippen molar-refractivity contribution in [2.24, 2.45) is 0 Å². The zero-order chi connectivity index (χ0) is 17.3. The number of benzene rings is 1. The molecule has 0 saturated carbocycles. The molecule has 2 aliphatic heterocycles. The van der Waals surface area contributed by atoms with E-state index in [9.17, 15) is 4.79 Å². The van der Waals surface area contributed by atoms with Crippen LogP contribution < -0.4 is 4.74 Å². The molecule has 1 aromatic rings. The maximum Gasteiger partial charge on any atom is 0.410 e. The zero-order valence-corrected chi connectivity index (χ0v) is 16.1. The highest BCUT2D eigenvalue weighted by Crippen LogP contribution is 2.38. The first kappa shape index (κ1) is 17.3. The van der Waals surface area contributed by atoms with Crippen molar-refractivity contribution in [3.63, 3.8) is 0 Å². The normalized spacial score (nSPS) is 20.4. The van der Waals surface area contributed by atoms with Gasteiger partial charge >= 0.3 is 6.09 Å². The van der Waals surface area contributed by atoms with E-state index >= 15 is 0 Å². The van der Waals surface area contributed by atoms with Crippen LogP contribution in [0.5, 0.6) is 5.75 Å². The van der Waals surface area contributed by atoms with Crippen molar-refractivity contribution in [1.82, 2.24) is 4.90 Å². The Labute approximate surface area is 151 Å². The molecular formula is C19H24BrNO3. The molecule has 0 spiro atoms. The fourth-order valence-electron chi connectivity index (χ4n) is 3.10. The number of nitrogens with zero attached hydrogens (tertiary/aromatic N) is 1. The Morgan fingerprint density at radius 2 is 2.04 bits per heavy atom. The van der Waals surface area contributed by atoms with Gasteiger partial charge < -0.3 is 14.4 Å². The van der Waals surface area contributed by atoms with Crippen molar-refractivity contribution in [3.8, 4) is 5.75 Å². The fourth-order valence-corrected chi connectivity index (χ4v) is 3.44. The maximum atomic E-state index is 12.1. The third-order valence-electron chi connectivity index (χ3n) is 4.29. The Morgan fingerprint density at radius 3 is 2.71 bits per heavy atom. The van der Waals surface area contributed by atoms with Crippen LogP contribution in [0.15, 0.2) is 34.3 Å². The molecule has 1 amide bonds. The Bertz CT molecular complexity index is 653. The third kappa shape index (κ3) is 4.12. The molecule has 0 radical (unpaired) electrons. The molecule has 0 N–H and O–H groups in total. The lowest BCUT2D eigenvalue weighted by atomic mass is 9.94. The smallest absolute Gasteiger partial charge is 0.410 e. The first-order valence-electron chi connectivity index (χ1n) is 8.41.